The molecule has 112 valence electrons. The molecule has 0 aliphatic carbocycles. The van der Waals surface area contributed by atoms with Crippen LogP contribution in [0.4, 0.5) is 0 Å². The Morgan fingerprint density at radius 2 is 1.95 bits per heavy atom. The quantitative estimate of drug-likeness (QED) is 0.765. The van der Waals surface area contributed by atoms with E-state index in [1.165, 1.54) is 0 Å². The van der Waals surface area contributed by atoms with Gasteiger partial charge in [-0.2, -0.15) is 0 Å². The molecular weight excluding hydrogens is 270 g/mol. The van der Waals surface area contributed by atoms with Crippen molar-refractivity contribution >= 4 is 16.9 Å². The van der Waals surface area contributed by atoms with E-state index in [0.29, 0.717) is 19.0 Å². The van der Waals surface area contributed by atoms with Gasteiger partial charge in [-0.15, -0.1) is 0 Å². The summed E-state index contributed by atoms with van der Waals surface area (Å²) in [7, 11) is 0. The lowest BCUT2D eigenvalue weighted by atomic mass is 10.1. The smallest absolute Gasteiger partial charge is 0.344 e. The Hall–Kier alpha value is -2.30. The number of hydrogen-bond donors (Lipinski definition) is 0. The van der Waals surface area contributed by atoms with Gasteiger partial charge in [-0.25, -0.2) is 4.79 Å². The number of aryl methyl sites for hydroxylation is 1. The Kier molecular flexibility index (Phi) is 4.98. The van der Waals surface area contributed by atoms with Gasteiger partial charge in [0.15, 0.2) is 6.61 Å². The number of ether oxygens (including phenoxy) is 3. The number of nitrogens with zero attached hydrogens (tertiary/aromatic N) is 1. The zero-order chi connectivity index (χ0) is 15.2. The third kappa shape index (κ3) is 3.84. The van der Waals surface area contributed by atoms with Crippen LogP contribution in [0.3, 0.4) is 0 Å². The molecule has 5 heteroatoms. The number of aromatic nitrogens is 1. The van der Waals surface area contributed by atoms with E-state index in [0.717, 1.165) is 22.3 Å². The number of esters is 1. The maximum Gasteiger partial charge on any atom is 0.344 e. The van der Waals surface area contributed by atoms with Crippen LogP contribution in [0.2, 0.25) is 0 Å². The summed E-state index contributed by atoms with van der Waals surface area (Å²) in [6, 6.07) is 7.42. The molecule has 0 bridgehead atoms. The largest absolute Gasteiger partial charge is 0.494 e. The summed E-state index contributed by atoms with van der Waals surface area (Å²) in [5.41, 5.74) is 1.63. The molecule has 2 rings (SSSR count). The minimum Gasteiger partial charge on any atom is -0.494 e. The molecule has 0 unspecified atom stereocenters. The standard InChI is InChI=1S/C16H19NO4/c1-4-19-12-6-7-14-13(9-12)15(8-11(3)17-14)21-10-16(18)20-5-2/h6-9H,4-5,10H2,1-3H3. The van der Waals surface area contributed by atoms with Crippen LogP contribution in [0.5, 0.6) is 11.5 Å². The number of benzene rings is 1. The molecule has 5 nitrogen and oxygen atoms in total. The van der Waals surface area contributed by atoms with Gasteiger partial charge in [0.05, 0.1) is 18.7 Å². The molecule has 1 aromatic carbocycles. The van der Waals surface area contributed by atoms with Gasteiger partial charge in [-0.3, -0.25) is 4.98 Å². The second-order valence-electron chi connectivity index (χ2n) is 4.47. The Morgan fingerprint density at radius 1 is 1.14 bits per heavy atom. The molecule has 0 saturated heterocycles. The highest BCUT2D eigenvalue weighted by atomic mass is 16.6. The van der Waals surface area contributed by atoms with Gasteiger partial charge < -0.3 is 14.2 Å². The second-order valence-corrected chi connectivity index (χ2v) is 4.47. The average molecular weight is 289 g/mol. The third-order valence-electron chi connectivity index (χ3n) is 2.83. The van der Waals surface area contributed by atoms with Gasteiger partial charge in [0.2, 0.25) is 0 Å². The SMILES string of the molecule is CCOC(=O)COc1cc(C)nc2ccc(OCC)cc12. The van der Waals surface area contributed by atoms with E-state index in [1.807, 2.05) is 32.0 Å². The molecule has 1 heterocycles. The van der Waals surface area contributed by atoms with Crippen molar-refractivity contribution in [3.63, 3.8) is 0 Å². The third-order valence-corrected chi connectivity index (χ3v) is 2.83. The normalized spacial score (nSPS) is 10.4. The highest BCUT2D eigenvalue weighted by Gasteiger charge is 2.09. The summed E-state index contributed by atoms with van der Waals surface area (Å²) in [6.45, 7) is 6.38. The molecule has 0 N–H and O–H groups in total. The van der Waals surface area contributed by atoms with Crippen molar-refractivity contribution in [1.82, 2.24) is 4.98 Å². The van der Waals surface area contributed by atoms with Gasteiger partial charge in [-0.1, -0.05) is 0 Å². The van der Waals surface area contributed by atoms with Gasteiger partial charge in [0, 0.05) is 17.1 Å². The van der Waals surface area contributed by atoms with Crippen molar-refractivity contribution in [2.75, 3.05) is 19.8 Å². The van der Waals surface area contributed by atoms with E-state index < -0.39 is 0 Å². The number of pyridine rings is 1. The molecule has 0 aliphatic heterocycles. The monoisotopic (exact) mass is 289 g/mol. The van der Waals surface area contributed by atoms with E-state index in [2.05, 4.69) is 4.98 Å². The topological polar surface area (TPSA) is 57.7 Å². The van der Waals surface area contributed by atoms with Gasteiger partial charge >= 0.3 is 5.97 Å². The fraction of sp³-hybridized carbons (Fsp3) is 0.375. The Labute approximate surface area is 123 Å². The summed E-state index contributed by atoms with van der Waals surface area (Å²) in [6.07, 6.45) is 0. The molecular formula is C16H19NO4. The van der Waals surface area contributed by atoms with Crippen LogP contribution >= 0.6 is 0 Å². The summed E-state index contributed by atoms with van der Waals surface area (Å²) < 4.78 is 15.9. The number of carbonyl (C=O) groups is 1. The van der Waals surface area contributed by atoms with Crippen molar-refractivity contribution < 1.29 is 19.0 Å². The molecule has 0 atom stereocenters. The first-order valence-electron chi connectivity index (χ1n) is 6.96. The van der Waals surface area contributed by atoms with Crippen LogP contribution in [0.15, 0.2) is 24.3 Å². The first-order chi connectivity index (χ1) is 10.1. The lowest BCUT2D eigenvalue weighted by Crippen LogP contribution is -2.14. The fourth-order valence-corrected chi connectivity index (χ4v) is 2.01. The average Bonchev–Trinajstić information content (AvgIpc) is 2.46. The van der Waals surface area contributed by atoms with Gasteiger partial charge in [-0.05, 0) is 39.0 Å². The van der Waals surface area contributed by atoms with Crippen LogP contribution in [-0.2, 0) is 9.53 Å². The fourth-order valence-electron chi connectivity index (χ4n) is 2.01. The Morgan fingerprint density at radius 3 is 2.67 bits per heavy atom. The van der Waals surface area contributed by atoms with E-state index in [4.69, 9.17) is 14.2 Å². The van der Waals surface area contributed by atoms with E-state index in [1.54, 1.807) is 13.0 Å². The lowest BCUT2D eigenvalue weighted by molar-refractivity contribution is -0.145. The zero-order valence-electron chi connectivity index (χ0n) is 12.5. The number of carbonyl (C=O) groups excluding carboxylic acids is 1. The van der Waals surface area contributed by atoms with Gasteiger partial charge in [0.25, 0.3) is 0 Å². The van der Waals surface area contributed by atoms with Crippen molar-refractivity contribution in [3.8, 4) is 11.5 Å². The zero-order valence-corrected chi connectivity index (χ0v) is 12.5. The summed E-state index contributed by atoms with van der Waals surface area (Å²) in [5, 5.41) is 0.816. The van der Waals surface area contributed by atoms with Crippen molar-refractivity contribution in [2.24, 2.45) is 0 Å². The van der Waals surface area contributed by atoms with E-state index in [-0.39, 0.29) is 12.6 Å². The van der Waals surface area contributed by atoms with Crippen LogP contribution < -0.4 is 9.47 Å². The van der Waals surface area contributed by atoms with Crippen LogP contribution in [0.1, 0.15) is 19.5 Å². The molecule has 0 spiro atoms. The maximum atomic E-state index is 11.4. The lowest BCUT2D eigenvalue weighted by Gasteiger charge is -2.11. The predicted octanol–water partition coefficient (Wildman–Crippen LogP) is 2.88. The molecule has 0 radical (unpaired) electrons. The number of fused-ring (bicyclic) bond motifs is 1. The highest BCUT2D eigenvalue weighted by Crippen LogP contribution is 2.29. The van der Waals surface area contributed by atoms with Crippen LogP contribution in [-0.4, -0.2) is 30.8 Å². The second kappa shape index (κ2) is 6.92. The summed E-state index contributed by atoms with van der Waals surface area (Å²) >= 11 is 0. The molecule has 1 aromatic heterocycles. The van der Waals surface area contributed by atoms with E-state index in [9.17, 15) is 4.79 Å². The summed E-state index contributed by atoms with van der Waals surface area (Å²) in [4.78, 5) is 15.9. The highest BCUT2D eigenvalue weighted by molar-refractivity contribution is 5.87. The van der Waals surface area contributed by atoms with Crippen LogP contribution in [0.25, 0.3) is 10.9 Å². The molecule has 21 heavy (non-hydrogen) atoms. The number of hydrogen-bond acceptors (Lipinski definition) is 5. The van der Waals surface area contributed by atoms with Crippen molar-refractivity contribution in [3.05, 3.63) is 30.0 Å². The maximum absolute atomic E-state index is 11.4. The van der Waals surface area contributed by atoms with Crippen LogP contribution in [0, 0.1) is 6.92 Å². The molecule has 0 amide bonds. The van der Waals surface area contributed by atoms with Gasteiger partial charge in [0.1, 0.15) is 11.5 Å². The number of rotatable bonds is 6. The Balaban J connectivity index is 2.31. The van der Waals surface area contributed by atoms with Crippen molar-refractivity contribution in [1.29, 1.82) is 0 Å². The first kappa shape index (κ1) is 15.1. The Bertz CT molecular complexity index is 639. The minimum absolute atomic E-state index is 0.120. The molecule has 2 aromatic rings. The molecule has 0 fully saturated rings. The summed E-state index contributed by atoms with van der Waals surface area (Å²) in [5.74, 6) is 0.963. The predicted molar refractivity (Wildman–Crippen MR) is 79.8 cm³/mol. The first-order valence-corrected chi connectivity index (χ1v) is 6.96. The minimum atomic E-state index is -0.388. The molecule has 0 aliphatic rings. The van der Waals surface area contributed by atoms with E-state index >= 15 is 0 Å². The molecule has 0 saturated carbocycles. The van der Waals surface area contributed by atoms with Crippen molar-refractivity contribution in [2.45, 2.75) is 20.8 Å².